The van der Waals surface area contributed by atoms with Gasteiger partial charge in [0.05, 0.1) is 12.2 Å². The third-order valence-electron chi connectivity index (χ3n) is 11.2. The van der Waals surface area contributed by atoms with E-state index in [-0.39, 0.29) is 0 Å². The van der Waals surface area contributed by atoms with Crippen molar-refractivity contribution < 1.29 is 131 Å². The normalized spacial score (nSPS) is 30.3. The van der Waals surface area contributed by atoms with Gasteiger partial charge >= 0.3 is 49.4 Å². The van der Waals surface area contributed by atoms with E-state index >= 15 is 0 Å². The van der Waals surface area contributed by atoms with Gasteiger partial charge in [0.2, 0.25) is 0 Å². The van der Waals surface area contributed by atoms with Crippen LogP contribution in [0.15, 0.2) is 11.1 Å². The van der Waals surface area contributed by atoms with Crippen molar-refractivity contribution in [1.29, 1.82) is 0 Å². The van der Waals surface area contributed by atoms with Crippen molar-refractivity contribution in [3.63, 3.8) is 0 Å². The first-order valence-corrected chi connectivity index (χ1v) is 15.1. The van der Waals surface area contributed by atoms with Gasteiger partial charge in [0.1, 0.15) is 0 Å². The summed E-state index contributed by atoms with van der Waals surface area (Å²) in [7, 11) is 0. The summed E-state index contributed by atoms with van der Waals surface area (Å²) in [5, 5.41) is 47.7. The van der Waals surface area contributed by atoms with Crippen molar-refractivity contribution >= 4 is 0 Å². The topological polar surface area (TPSA) is 101 Å². The Labute approximate surface area is 294 Å². The van der Waals surface area contributed by atoms with Crippen LogP contribution in [-0.4, -0.2) is 104 Å². The van der Waals surface area contributed by atoms with Crippen LogP contribution in [-0.2, 0) is 0 Å². The molecule has 0 heterocycles. The Morgan fingerprint density at radius 2 is 0.768 bits per heavy atom. The lowest BCUT2D eigenvalue weighted by Gasteiger charge is -2.51. The van der Waals surface area contributed by atoms with Crippen molar-refractivity contribution in [2.24, 2.45) is 40.9 Å². The minimum Gasteiger partial charge on any atom is -0.393 e. The zero-order chi connectivity index (χ0) is 44.6. The molecule has 3 saturated carbocycles. The van der Waals surface area contributed by atoms with Gasteiger partial charge in [-0.15, -0.1) is 0 Å². The van der Waals surface area contributed by atoms with Gasteiger partial charge < -0.3 is 25.5 Å². The fraction of sp³-hybridized carbons (Fsp3) is 0.926. The molecule has 29 heteroatoms. The lowest BCUT2D eigenvalue weighted by Crippen LogP contribution is -2.69. The predicted molar refractivity (Wildman–Crippen MR) is 130 cm³/mol. The molecule has 8 atom stereocenters. The first kappa shape index (κ1) is 48.2. The maximum Gasteiger partial charge on any atom is 0.430 e. The average Bonchev–Trinajstić information content (AvgIpc) is 3.69. The number of hydrogen-bond donors (Lipinski definition) is 5. The van der Waals surface area contributed by atoms with Gasteiger partial charge in [0, 0.05) is 11.8 Å². The van der Waals surface area contributed by atoms with Gasteiger partial charge in [-0.05, 0) is 67.4 Å². The molecular formula is C27H24F24O5. The first-order valence-electron chi connectivity index (χ1n) is 15.1. The quantitative estimate of drug-likeness (QED) is 0.146. The minimum atomic E-state index is -6.80. The van der Waals surface area contributed by atoms with Gasteiger partial charge in [0.25, 0.3) is 16.8 Å². The van der Waals surface area contributed by atoms with Crippen molar-refractivity contribution in [2.75, 3.05) is 0 Å². The van der Waals surface area contributed by atoms with E-state index in [1.54, 1.807) is 0 Å². The van der Waals surface area contributed by atoms with E-state index in [0.29, 0.717) is 0 Å². The summed E-state index contributed by atoms with van der Waals surface area (Å²) in [6.07, 6.45) is -61.1. The highest BCUT2D eigenvalue weighted by atomic mass is 19.4. The van der Waals surface area contributed by atoms with Crippen LogP contribution in [0.1, 0.15) is 32.6 Å². The van der Waals surface area contributed by atoms with Gasteiger partial charge in [0.15, 0.2) is 5.41 Å². The number of aliphatic hydroxyl groups is 5. The van der Waals surface area contributed by atoms with E-state index in [2.05, 4.69) is 0 Å². The molecule has 0 spiro atoms. The van der Waals surface area contributed by atoms with E-state index in [9.17, 15) is 131 Å². The predicted octanol–water partition coefficient (Wildman–Crippen LogP) is 8.00. The van der Waals surface area contributed by atoms with Crippen LogP contribution in [0.4, 0.5) is 105 Å². The van der Waals surface area contributed by atoms with E-state index < -0.39 is 163 Å². The van der Waals surface area contributed by atoms with E-state index in [4.69, 9.17) is 0 Å². The fourth-order valence-electron chi connectivity index (χ4n) is 8.67. The van der Waals surface area contributed by atoms with E-state index in [1.165, 1.54) is 0 Å². The molecule has 3 fully saturated rings. The standard InChI is InChI=1S/C14H14F12O2.C13H10F12O3/c1-9(11(15,16)17,12(18,19)20)7-4-2-5(6(27)3-4)8(7)10(28,13(21,22)23)14(24,25)26;14-10(15,16)8(27,11(17,18)19)6-3-1-4(5(26)2-3)7(6)9(28,12(20,21)22)13(23,24)25/h4-8,27-28H,2-3H2,1H3;3-5,26-28H,1-2H2. The molecule has 0 aromatic rings. The van der Waals surface area contributed by atoms with Crippen LogP contribution in [0.25, 0.3) is 0 Å². The third-order valence-corrected chi connectivity index (χ3v) is 11.2. The maximum absolute atomic E-state index is 13.4. The highest BCUT2D eigenvalue weighted by Crippen LogP contribution is 2.71. The molecule has 8 unspecified atom stereocenters. The Morgan fingerprint density at radius 3 is 1.09 bits per heavy atom. The molecule has 5 N–H and O–H groups in total. The smallest absolute Gasteiger partial charge is 0.393 e. The summed E-state index contributed by atoms with van der Waals surface area (Å²) in [5.41, 5.74) is -28.5. The summed E-state index contributed by atoms with van der Waals surface area (Å²) < 4.78 is 317. The van der Waals surface area contributed by atoms with Crippen molar-refractivity contribution in [3.05, 3.63) is 11.1 Å². The maximum atomic E-state index is 13.4. The zero-order valence-corrected chi connectivity index (χ0v) is 26.8. The second kappa shape index (κ2) is 13.2. The molecule has 0 aromatic heterocycles. The molecule has 0 aliphatic heterocycles. The Morgan fingerprint density at radius 1 is 0.411 bits per heavy atom. The molecule has 4 aliphatic rings. The van der Waals surface area contributed by atoms with Gasteiger partial charge in [-0.2, -0.15) is 105 Å². The Hall–Kier alpha value is -2.14. The van der Waals surface area contributed by atoms with Crippen LogP contribution in [0.2, 0.25) is 0 Å². The van der Waals surface area contributed by atoms with Crippen molar-refractivity contribution in [1.82, 2.24) is 0 Å². The van der Waals surface area contributed by atoms with Gasteiger partial charge in [-0.1, -0.05) is 0 Å². The number of fused-ring (bicyclic) bond motifs is 4. The summed E-state index contributed by atoms with van der Waals surface area (Å²) in [6.45, 7) is -0.509. The molecule has 4 aliphatic carbocycles. The van der Waals surface area contributed by atoms with E-state index in [0.717, 1.165) is 0 Å². The monoisotopic (exact) mass is 884 g/mol. The average molecular weight is 884 g/mol. The number of alkyl halides is 24. The van der Waals surface area contributed by atoms with Crippen LogP contribution < -0.4 is 0 Å². The summed E-state index contributed by atoms with van der Waals surface area (Å²) in [6, 6.07) is 0. The number of halogens is 24. The number of aliphatic hydroxyl groups excluding tert-OH is 2. The molecule has 0 aromatic carbocycles. The molecule has 4 rings (SSSR count). The molecular weight excluding hydrogens is 860 g/mol. The van der Waals surface area contributed by atoms with Crippen LogP contribution in [0.5, 0.6) is 0 Å². The van der Waals surface area contributed by atoms with Crippen LogP contribution in [0, 0.1) is 40.9 Å². The third kappa shape index (κ3) is 6.67. The molecule has 5 nitrogen and oxygen atoms in total. The van der Waals surface area contributed by atoms with Crippen molar-refractivity contribution in [3.8, 4) is 0 Å². The highest BCUT2D eigenvalue weighted by molar-refractivity contribution is 5.46. The largest absolute Gasteiger partial charge is 0.430 e. The number of hydrogen-bond acceptors (Lipinski definition) is 5. The summed E-state index contributed by atoms with van der Waals surface area (Å²) >= 11 is 0. The Bertz CT molecular complexity index is 1440. The zero-order valence-electron chi connectivity index (χ0n) is 26.8. The SMILES string of the molecule is CC(C1C2CC(O)C(C2)C1C(O)(C(F)(F)F)C(F)(F)F)(C(F)(F)F)C(F)(F)F.OC1CC2CC1C(C(O)(C(F)(F)F)C(F)(F)F)=C2C(O)(C(F)(F)F)C(F)(F)F. The second-order valence-electron chi connectivity index (χ2n) is 14.1. The molecule has 0 saturated heterocycles. The molecule has 56 heavy (non-hydrogen) atoms. The lowest BCUT2D eigenvalue weighted by atomic mass is 9.58. The Kier molecular flexibility index (Phi) is 11.4. The number of rotatable bonds is 4. The second-order valence-corrected chi connectivity index (χ2v) is 14.1. The van der Waals surface area contributed by atoms with Gasteiger partial charge in [-0.3, -0.25) is 0 Å². The van der Waals surface area contributed by atoms with Gasteiger partial charge in [-0.25, -0.2) is 0 Å². The summed E-state index contributed by atoms with van der Waals surface area (Å²) in [5.74, 6) is -15.9. The lowest BCUT2D eigenvalue weighted by molar-refractivity contribution is -0.416. The minimum absolute atomic E-state index is 0.509. The highest BCUT2D eigenvalue weighted by Gasteiger charge is 2.85. The van der Waals surface area contributed by atoms with Crippen LogP contribution in [0.3, 0.4) is 0 Å². The van der Waals surface area contributed by atoms with Crippen LogP contribution >= 0.6 is 0 Å². The fourth-order valence-corrected chi connectivity index (χ4v) is 8.67. The molecule has 330 valence electrons. The molecule has 0 amide bonds. The Balaban J connectivity index is 0.000000300. The van der Waals surface area contributed by atoms with Crippen molar-refractivity contribution in [2.45, 2.75) is 111 Å². The molecule has 0 radical (unpaired) electrons. The van der Waals surface area contributed by atoms with E-state index in [1.807, 2.05) is 0 Å². The first-order chi connectivity index (χ1) is 24.2. The molecule has 4 bridgehead atoms. The summed E-state index contributed by atoms with van der Waals surface area (Å²) in [4.78, 5) is 0.